The van der Waals surface area contributed by atoms with Crippen molar-refractivity contribution in [3.8, 4) is 0 Å². The molecule has 7 nitrogen and oxygen atoms in total. The average Bonchev–Trinajstić information content (AvgIpc) is 2.56. The molecule has 1 saturated heterocycles. The fourth-order valence-electron chi connectivity index (χ4n) is 2.89. The number of nitrogens with zero attached hydrogens (tertiary/aromatic N) is 3. The van der Waals surface area contributed by atoms with E-state index in [1.54, 1.807) is 0 Å². The van der Waals surface area contributed by atoms with E-state index in [0.717, 1.165) is 19.2 Å². The Balaban J connectivity index is 1.83. The van der Waals surface area contributed by atoms with Crippen molar-refractivity contribution in [3.63, 3.8) is 0 Å². The maximum Gasteiger partial charge on any atom is 0.263 e. The summed E-state index contributed by atoms with van der Waals surface area (Å²) in [6.07, 6.45) is 1.50. The van der Waals surface area contributed by atoms with E-state index in [2.05, 4.69) is 49.8 Å². The lowest BCUT2D eigenvalue weighted by Gasteiger charge is -2.36. The van der Waals surface area contributed by atoms with Gasteiger partial charge in [-0.1, -0.05) is 0 Å². The molecule has 26 heavy (non-hydrogen) atoms. The van der Waals surface area contributed by atoms with E-state index < -0.39 is 15.8 Å². The van der Waals surface area contributed by atoms with Gasteiger partial charge in [-0.2, -0.15) is 4.98 Å². The molecular formula is C16H19BrFN5O2S. The lowest BCUT2D eigenvalue weighted by molar-refractivity contribution is 0.403. The second kappa shape index (κ2) is 7.45. The van der Waals surface area contributed by atoms with Crippen molar-refractivity contribution in [2.24, 2.45) is 0 Å². The molecule has 3 rings (SSSR count). The highest BCUT2D eigenvalue weighted by Gasteiger charge is 2.23. The summed E-state index contributed by atoms with van der Waals surface area (Å²) in [5.74, 6) is -0.0652. The molecule has 1 fully saturated rings. The Labute approximate surface area is 160 Å². The molecule has 1 aromatic heterocycles. The van der Waals surface area contributed by atoms with Gasteiger partial charge in [0.2, 0.25) is 5.95 Å². The van der Waals surface area contributed by atoms with Gasteiger partial charge in [-0.05, 0) is 54.0 Å². The third-order valence-corrected chi connectivity index (χ3v) is 5.92. The van der Waals surface area contributed by atoms with Crippen LogP contribution in [0, 0.1) is 5.82 Å². The number of rotatable bonds is 4. The highest BCUT2D eigenvalue weighted by atomic mass is 79.9. The summed E-state index contributed by atoms with van der Waals surface area (Å²) >= 11 is 3.00. The maximum atomic E-state index is 13.7. The van der Waals surface area contributed by atoms with Crippen LogP contribution in [0.3, 0.4) is 0 Å². The summed E-state index contributed by atoms with van der Waals surface area (Å²) in [7, 11) is -3.95. The number of benzene rings is 1. The van der Waals surface area contributed by atoms with Crippen LogP contribution in [0.1, 0.15) is 13.8 Å². The Morgan fingerprint density at radius 3 is 2.62 bits per heavy atom. The Kier molecular flexibility index (Phi) is 5.44. The minimum atomic E-state index is -3.95. The topological polar surface area (TPSA) is 87.2 Å². The van der Waals surface area contributed by atoms with Crippen LogP contribution in [0.15, 0.2) is 39.8 Å². The second-order valence-electron chi connectivity index (χ2n) is 6.30. The van der Waals surface area contributed by atoms with Gasteiger partial charge < -0.3 is 10.2 Å². The number of halogens is 2. The average molecular weight is 444 g/mol. The van der Waals surface area contributed by atoms with Crippen LogP contribution in [0.25, 0.3) is 0 Å². The molecule has 0 bridgehead atoms. The van der Waals surface area contributed by atoms with E-state index in [4.69, 9.17) is 0 Å². The fourth-order valence-corrected chi connectivity index (χ4v) is 4.15. The van der Waals surface area contributed by atoms with Crippen molar-refractivity contribution >= 4 is 37.7 Å². The molecule has 0 spiro atoms. The molecule has 0 amide bonds. The molecule has 0 saturated carbocycles. The largest absolute Gasteiger partial charge is 0.338 e. The maximum absolute atomic E-state index is 13.7. The molecular weight excluding hydrogens is 425 g/mol. The Morgan fingerprint density at radius 1 is 1.27 bits per heavy atom. The minimum absolute atomic E-state index is 0.136. The molecule has 140 valence electrons. The van der Waals surface area contributed by atoms with E-state index in [-0.39, 0.29) is 27.3 Å². The van der Waals surface area contributed by atoms with Crippen molar-refractivity contribution in [1.82, 2.24) is 15.3 Å². The summed E-state index contributed by atoms with van der Waals surface area (Å²) in [6.45, 7) is 5.57. The van der Waals surface area contributed by atoms with Gasteiger partial charge in [-0.15, -0.1) is 0 Å². The highest BCUT2D eigenvalue weighted by molar-refractivity contribution is 9.10. The molecule has 2 N–H and O–H groups in total. The summed E-state index contributed by atoms with van der Waals surface area (Å²) in [5.41, 5.74) is 0. The molecule has 1 aliphatic heterocycles. The first kappa shape index (κ1) is 19.0. The summed E-state index contributed by atoms with van der Waals surface area (Å²) in [5, 5.41) is 3.42. The van der Waals surface area contributed by atoms with Gasteiger partial charge in [-0.25, -0.2) is 17.8 Å². The van der Waals surface area contributed by atoms with E-state index in [1.165, 1.54) is 24.4 Å². The fraction of sp³-hybridized carbons (Fsp3) is 0.375. The van der Waals surface area contributed by atoms with Crippen LogP contribution in [0.4, 0.5) is 16.2 Å². The molecule has 2 unspecified atom stereocenters. The highest BCUT2D eigenvalue weighted by Crippen LogP contribution is 2.22. The normalized spacial score (nSPS) is 20.8. The Morgan fingerprint density at radius 2 is 1.96 bits per heavy atom. The third-order valence-electron chi connectivity index (χ3n) is 3.92. The van der Waals surface area contributed by atoms with E-state index in [0.29, 0.717) is 5.95 Å². The summed E-state index contributed by atoms with van der Waals surface area (Å²) in [6, 6.07) is 5.62. The smallest absolute Gasteiger partial charge is 0.263 e. The zero-order valence-electron chi connectivity index (χ0n) is 14.3. The standard InChI is InChI=1S/C16H19BrFN5O2S/c1-10-8-23(9-11(2)20-10)16-19-6-5-15(21-16)22-26(24,25)12-3-4-13(17)14(18)7-12/h3-7,10-11,20H,8-9H2,1-2H3,(H,19,21,22). The second-order valence-corrected chi connectivity index (χ2v) is 8.83. The van der Waals surface area contributed by atoms with Gasteiger partial charge in [0, 0.05) is 31.4 Å². The first-order valence-electron chi connectivity index (χ1n) is 8.06. The monoisotopic (exact) mass is 443 g/mol. The quantitative estimate of drug-likeness (QED) is 0.753. The molecule has 1 aromatic carbocycles. The SMILES string of the molecule is CC1CN(c2nccc(NS(=O)(=O)c3ccc(Br)c(F)c3)n2)CC(C)N1. The molecule has 1 aliphatic rings. The number of piperazine rings is 1. The lowest BCUT2D eigenvalue weighted by atomic mass is 10.1. The van der Waals surface area contributed by atoms with E-state index in [9.17, 15) is 12.8 Å². The van der Waals surface area contributed by atoms with Crippen molar-refractivity contribution in [2.45, 2.75) is 30.8 Å². The third kappa shape index (κ3) is 4.30. The van der Waals surface area contributed by atoms with Crippen LogP contribution in [0.2, 0.25) is 0 Å². The molecule has 2 atom stereocenters. The number of hydrogen-bond donors (Lipinski definition) is 2. The molecule has 2 aromatic rings. The molecule has 0 aliphatic carbocycles. The van der Waals surface area contributed by atoms with Crippen molar-refractivity contribution in [1.29, 1.82) is 0 Å². The zero-order valence-corrected chi connectivity index (χ0v) is 16.7. The number of aromatic nitrogens is 2. The first-order chi connectivity index (χ1) is 12.2. The van der Waals surface area contributed by atoms with Crippen molar-refractivity contribution < 1.29 is 12.8 Å². The van der Waals surface area contributed by atoms with Crippen LogP contribution in [-0.4, -0.2) is 43.6 Å². The lowest BCUT2D eigenvalue weighted by Crippen LogP contribution is -2.54. The Bertz CT molecular complexity index is 901. The van der Waals surface area contributed by atoms with E-state index in [1.807, 2.05) is 4.90 Å². The number of anilines is 2. The molecule has 0 radical (unpaired) electrons. The van der Waals surface area contributed by atoms with Crippen LogP contribution in [-0.2, 0) is 10.0 Å². The van der Waals surface area contributed by atoms with Gasteiger partial charge in [-0.3, -0.25) is 4.72 Å². The number of hydrogen-bond acceptors (Lipinski definition) is 6. The predicted octanol–water partition coefficient (Wildman–Crippen LogP) is 2.37. The van der Waals surface area contributed by atoms with E-state index >= 15 is 0 Å². The zero-order chi connectivity index (χ0) is 18.9. The summed E-state index contributed by atoms with van der Waals surface area (Å²) in [4.78, 5) is 10.4. The van der Waals surface area contributed by atoms with Crippen molar-refractivity contribution in [3.05, 3.63) is 40.8 Å². The van der Waals surface area contributed by atoms with Crippen LogP contribution >= 0.6 is 15.9 Å². The van der Waals surface area contributed by atoms with Crippen LogP contribution in [0.5, 0.6) is 0 Å². The number of nitrogens with one attached hydrogen (secondary N) is 2. The van der Waals surface area contributed by atoms with Crippen LogP contribution < -0.4 is 14.9 Å². The minimum Gasteiger partial charge on any atom is -0.338 e. The Hall–Kier alpha value is -1.78. The van der Waals surface area contributed by atoms with Gasteiger partial charge in [0.05, 0.1) is 9.37 Å². The summed E-state index contributed by atoms with van der Waals surface area (Å²) < 4.78 is 41.2. The van der Waals surface area contributed by atoms with Crippen molar-refractivity contribution in [2.75, 3.05) is 22.7 Å². The van der Waals surface area contributed by atoms with Gasteiger partial charge in [0.25, 0.3) is 10.0 Å². The predicted molar refractivity (Wildman–Crippen MR) is 101 cm³/mol. The molecule has 10 heteroatoms. The van der Waals surface area contributed by atoms with Gasteiger partial charge in [0.15, 0.2) is 0 Å². The first-order valence-corrected chi connectivity index (χ1v) is 10.3. The van der Waals surface area contributed by atoms with Gasteiger partial charge >= 0.3 is 0 Å². The number of sulfonamides is 1. The molecule has 2 heterocycles. The van der Waals surface area contributed by atoms with Gasteiger partial charge in [0.1, 0.15) is 11.6 Å².